The van der Waals surface area contributed by atoms with Gasteiger partial charge in [-0.25, -0.2) is 9.97 Å². The molecule has 0 unspecified atom stereocenters. The van der Waals surface area contributed by atoms with Crippen LogP contribution in [0.3, 0.4) is 0 Å². The van der Waals surface area contributed by atoms with Crippen molar-refractivity contribution >= 4 is 11.6 Å². The van der Waals surface area contributed by atoms with Gasteiger partial charge in [-0.2, -0.15) is 4.98 Å². The number of benzene rings is 1. The fourth-order valence-electron chi connectivity index (χ4n) is 2.97. The largest absolute Gasteiger partial charge is 0.334 e. The number of pyridine rings is 1. The third-order valence-electron chi connectivity index (χ3n) is 4.51. The Morgan fingerprint density at radius 1 is 1.10 bits per heavy atom. The summed E-state index contributed by atoms with van der Waals surface area (Å²) < 4.78 is 7.02. The molecule has 0 spiro atoms. The Bertz CT molecular complexity index is 1150. The molecule has 29 heavy (non-hydrogen) atoms. The molecule has 0 saturated carbocycles. The lowest BCUT2D eigenvalue weighted by Crippen LogP contribution is -2.13. The third-order valence-corrected chi connectivity index (χ3v) is 4.51. The quantitative estimate of drug-likeness (QED) is 0.541. The van der Waals surface area contributed by atoms with E-state index in [0.717, 1.165) is 17.7 Å². The van der Waals surface area contributed by atoms with Crippen LogP contribution in [0.15, 0.2) is 59.6 Å². The van der Waals surface area contributed by atoms with Gasteiger partial charge in [-0.05, 0) is 30.2 Å². The molecule has 8 heteroatoms. The monoisotopic (exact) mass is 388 g/mol. The number of para-hydroxylation sites is 1. The highest BCUT2D eigenvalue weighted by Crippen LogP contribution is 2.24. The summed E-state index contributed by atoms with van der Waals surface area (Å²) in [5.41, 5.74) is 2.80. The molecule has 0 aliphatic rings. The second-order valence-electron chi connectivity index (χ2n) is 6.37. The van der Waals surface area contributed by atoms with E-state index in [2.05, 4.69) is 25.4 Å². The number of rotatable bonds is 6. The van der Waals surface area contributed by atoms with Crippen LogP contribution in [0.1, 0.15) is 35.7 Å². The van der Waals surface area contributed by atoms with Gasteiger partial charge in [-0.15, -0.1) is 0 Å². The van der Waals surface area contributed by atoms with Crippen molar-refractivity contribution in [3.05, 3.63) is 72.2 Å². The van der Waals surface area contributed by atoms with Gasteiger partial charge in [-0.3, -0.25) is 9.36 Å². The van der Waals surface area contributed by atoms with Crippen LogP contribution in [0.5, 0.6) is 0 Å². The highest BCUT2D eigenvalue weighted by atomic mass is 16.5. The number of amides is 1. The topological polar surface area (TPSA) is 98.7 Å². The summed E-state index contributed by atoms with van der Waals surface area (Å²) in [7, 11) is 0. The van der Waals surface area contributed by atoms with Gasteiger partial charge in [-0.1, -0.05) is 37.2 Å². The predicted octanol–water partition coefficient (Wildman–Crippen LogP) is 3.69. The first-order valence-corrected chi connectivity index (χ1v) is 9.41. The van der Waals surface area contributed by atoms with E-state index in [1.54, 1.807) is 29.4 Å². The van der Waals surface area contributed by atoms with Crippen molar-refractivity contribution in [2.45, 2.75) is 26.7 Å². The lowest BCUT2D eigenvalue weighted by Gasteiger charge is -2.08. The standard InChI is InChI=1S/C21H20N6O2/c1-3-14-8-5-6-10-16(14)24-20(28)17-12-27(13-23-17)19-15(9-7-11-22-19)21-25-18(4-2)26-29-21/h5-13H,3-4H2,1-2H3,(H,24,28). The van der Waals surface area contributed by atoms with Crippen LogP contribution < -0.4 is 5.32 Å². The maximum absolute atomic E-state index is 12.7. The van der Waals surface area contributed by atoms with Gasteiger partial charge in [0.05, 0.1) is 5.56 Å². The average Bonchev–Trinajstić information content (AvgIpc) is 3.44. The van der Waals surface area contributed by atoms with E-state index >= 15 is 0 Å². The van der Waals surface area contributed by atoms with Gasteiger partial charge >= 0.3 is 0 Å². The molecular weight excluding hydrogens is 368 g/mol. The predicted molar refractivity (Wildman–Crippen MR) is 108 cm³/mol. The van der Waals surface area contributed by atoms with Crippen LogP contribution in [0.25, 0.3) is 17.3 Å². The number of aryl methyl sites for hydroxylation is 2. The molecule has 0 radical (unpaired) electrons. The van der Waals surface area contributed by atoms with E-state index in [1.165, 1.54) is 0 Å². The third kappa shape index (κ3) is 3.77. The molecule has 3 heterocycles. The first-order valence-electron chi connectivity index (χ1n) is 9.41. The molecule has 1 N–H and O–H groups in total. The number of anilines is 1. The number of hydrogen-bond donors (Lipinski definition) is 1. The summed E-state index contributed by atoms with van der Waals surface area (Å²) in [5.74, 6) is 1.27. The Morgan fingerprint density at radius 2 is 1.97 bits per heavy atom. The molecule has 0 bridgehead atoms. The van der Waals surface area contributed by atoms with Gasteiger partial charge in [0.15, 0.2) is 11.6 Å². The zero-order valence-corrected chi connectivity index (χ0v) is 16.2. The molecular formula is C21H20N6O2. The van der Waals surface area contributed by atoms with E-state index in [0.29, 0.717) is 29.5 Å². The van der Waals surface area contributed by atoms with Crippen molar-refractivity contribution in [2.75, 3.05) is 5.32 Å². The van der Waals surface area contributed by atoms with Gasteiger partial charge in [0, 0.05) is 24.5 Å². The number of aromatic nitrogens is 5. The number of imidazole rings is 1. The molecule has 146 valence electrons. The summed E-state index contributed by atoms with van der Waals surface area (Å²) >= 11 is 0. The van der Waals surface area contributed by atoms with Crippen molar-refractivity contribution in [2.24, 2.45) is 0 Å². The highest BCUT2D eigenvalue weighted by molar-refractivity contribution is 6.03. The first-order chi connectivity index (χ1) is 14.2. The van der Waals surface area contributed by atoms with E-state index in [-0.39, 0.29) is 11.6 Å². The number of carbonyl (C=O) groups excluding carboxylic acids is 1. The second-order valence-corrected chi connectivity index (χ2v) is 6.37. The van der Waals surface area contributed by atoms with E-state index < -0.39 is 0 Å². The van der Waals surface area contributed by atoms with Crippen LogP contribution in [0.4, 0.5) is 5.69 Å². The Morgan fingerprint density at radius 3 is 2.76 bits per heavy atom. The van der Waals surface area contributed by atoms with E-state index in [4.69, 9.17) is 4.52 Å². The fourth-order valence-corrected chi connectivity index (χ4v) is 2.97. The van der Waals surface area contributed by atoms with Crippen molar-refractivity contribution < 1.29 is 9.32 Å². The minimum atomic E-state index is -0.284. The van der Waals surface area contributed by atoms with Gasteiger partial charge in [0.2, 0.25) is 0 Å². The van der Waals surface area contributed by atoms with Crippen LogP contribution in [-0.4, -0.2) is 30.6 Å². The Balaban J connectivity index is 1.62. The molecule has 0 atom stereocenters. The Hall–Kier alpha value is -3.81. The normalized spacial score (nSPS) is 10.8. The van der Waals surface area contributed by atoms with Crippen molar-refractivity contribution in [3.63, 3.8) is 0 Å². The fraction of sp³-hybridized carbons (Fsp3) is 0.190. The zero-order chi connectivity index (χ0) is 20.2. The molecule has 0 saturated heterocycles. The van der Waals surface area contributed by atoms with Crippen LogP contribution in [0.2, 0.25) is 0 Å². The summed E-state index contributed by atoms with van der Waals surface area (Å²) in [4.78, 5) is 25.7. The smallest absolute Gasteiger partial charge is 0.275 e. The average molecular weight is 388 g/mol. The molecule has 0 fully saturated rings. The summed E-state index contributed by atoms with van der Waals surface area (Å²) in [6.07, 6.45) is 6.34. The van der Waals surface area contributed by atoms with Crippen LogP contribution >= 0.6 is 0 Å². The molecule has 0 aliphatic heterocycles. The van der Waals surface area contributed by atoms with Gasteiger partial charge < -0.3 is 9.84 Å². The summed E-state index contributed by atoms with van der Waals surface area (Å²) in [5, 5.41) is 6.86. The molecule has 0 aliphatic carbocycles. The second kappa shape index (κ2) is 8.05. The van der Waals surface area contributed by atoms with Crippen molar-refractivity contribution in [1.29, 1.82) is 0 Å². The number of nitrogens with one attached hydrogen (secondary N) is 1. The maximum Gasteiger partial charge on any atom is 0.275 e. The highest BCUT2D eigenvalue weighted by Gasteiger charge is 2.17. The summed E-state index contributed by atoms with van der Waals surface area (Å²) in [6, 6.07) is 11.3. The minimum Gasteiger partial charge on any atom is -0.334 e. The van der Waals surface area contributed by atoms with Crippen molar-refractivity contribution in [3.8, 4) is 17.3 Å². The number of nitrogens with zero attached hydrogens (tertiary/aromatic N) is 5. The first kappa shape index (κ1) is 18.5. The van der Waals surface area contributed by atoms with E-state index in [1.807, 2.05) is 44.2 Å². The zero-order valence-electron chi connectivity index (χ0n) is 16.2. The lowest BCUT2D eigenvalue weighted by atomic mass is 10.1. The van der Waals surface area contributed by atoms with Crippen molar-refractivity contribution in [1.82, 2.24) is 24.7 Å². The van der Waals surface area contributed by atoms with Crippen LogP contribution in [0, 0.1) is 0 Å². The molecule has 3 aromatic heterocycles. The Labute approximate surface area is 167 Å². The Kier molecular flexibility index (Phi) is 5.15. The number of carbonyl (C=O) groups is 1. The SMILES string of the molecule is CCc1noc(-c2cccnc2-n2cnc(C(=O)Nc3ccccc3CC)c2)n1. The molecule has 4 rings (SSSR count). The molecule has 1 amide bonds. The van der Waals surface area contributed by atoms with E-state index in [9.17, 15) is 4.79 Å². The number of hydrogen-bond acceptors (Lipinski definition) is 6. The molecule has 4 aromatic rings. The molecule has 8 nitrogen and oxygen atoms in total. The minimum absolute atomic E-state index is 0.284. The summed E-state index contributed by atoms with van der Waals surface area (Å²) in [6.45, 7) is 4.00. The van der Waals surface area contributed by atoms with Gasteiger partial charge in [0.1, 0.15) is 12.0 Å². The van der Waals surface area contributed by atoms with Crippen LogP contribution in [-0.2, 0) is 12.8 Å². The molecule has 1 aromatic carbocycles. The van der Waals surface area contributed by atoms with Gasteiger partial charge in [0.25, 0.3) is 11.8 Å². The lowest BCUT2D eigenvalue weighted by molar-refractivity contribution is 0.102. The maximum atomic E-state index is 12.7.